The summed E-state index contributed by atoms with van der Waals surface area (Å²) in [5, 5.41) is 3.22. The van der Waals surface area contributed by atoms with E-state index in [1.165, 1.54) is 16.3 Å². The van der Waals surface area contributed by atoms with E-state index in [-0.39, 0.29) is 0 Å². The van der Waals surface area contributed by atoms with Gasteiger partial charge in [0.2, 0.25) is 0 Å². The zero-order valence-corrected chi connectivity index (χ0v) is 7.60. The molecule has 60 valence electrons. The van der Waals surface area contributed by atoms with Gasteiger partial charge in [-0.25, -0.2) is 0 Å². The molecule has 12 heavy (non-hydrogen) atoms. The third kappa shape index (κ3) is 1.09. The molecule has 0 saturated heterocycles. The lowest BCUT2D eigenvalue weighted by Crippen LogP contribution is -1.78. The second-order valence-corrected chi connectivity index (χ2v) is 3.32. The van der Waals surface area contributed by atoms with Gasteiger partial charge in [0, 0.05) is 10.4 Å². The van der Waals surface area contributed by atoms with E-state index in [2.05, 4.69) is 25.1 Å². The number of hydrogen-bond acceptors (Lipinski definition) is 0. The predicted octanol–water partition coefficient (Wildman–Crippen LogP) is 3.80. The van der Waals surface area contributed by atoms with Gasteiger partial charge in [-0.05, 0) is 23.9 Å². The summed E-state index contributed by atoms with van der Waals surface area (Å²) in [6.45, 7) is 2.08. The molecule has 0 bridgehead atoms. The highest BCUT2D eigenvalue weighted by molar-refractivity contribution is 6.35. The Balaban J connectivity index is 2.96. The lowest BCUT2D eigenvalue weighted by molar-refractivity contribution is 1.53. The minimum atomic E-state index is 0.839. The predicted molar refractivity (Wildman–Crippen MR) is 53.7 cm³/mol. The van der Waals surface area contributed by atoms with Crippen LogP contribution in [0.15, 0.2) is 36.4 Å². The summed E-state index contributed by atoms with van der Waals surface area (Å²) < 4.78 is 0. The van der Waals surface area contributed by atoms with Gasteiger partial charge in [-0.3, -0.25) is 0 Å². The van der Waals surface area contributed by atoms with Gasteiger partial charge in [-0.2, -0.15) is 0 Å². The minimum absolute atomic E-state index is 0.839. The van der Waals surface area contributed by atoms with Crippen LogP contribution in [0, 0.1) is 6.92 Å². The number of rotatable bonds is 0. The van der Waals surface area contributed by atoms with E-state index >= 15 is 0 Å². The molecule has 0 radical (unpaired) electrons. The van der Waals surface area contributed by atoms with Crippen molar-refractivity contribution in [3.8, 4) is 0 Å². The van der Waals surface area contributed by atoms with E-state index in [1.807, 2.05) is 18.2 Å². The third-order valence-corrected chi connectivity index (χ3v) is 2.38. The van der Waals surface area contributed by atoms with Crippen molar-refractivity contribution in [2.24, 2.45) is 0 Å². The Morgan fingerprint density at radius 1 is 1.00 bits per heavy atom. The van der Waals surface area contributed by atoms with Crippen molar-refractivity contribution < 1.29 is 0 Å². The fourth-order valence-corrected chi connectivity index (χ4v) is 1.81. The maximum atomic E-state index is 6.06. The van der Waals surface area contributed by atoms with E-state index in [1.54, 1.807) is 0 Å². The second kappa shape index (κ2) is 2.80. The van der Waals surface area contributed by atoms with Crippen LogP contribution in [-0.2, 0) is 0 Å². The Morgan fingerprint density at radius 3 is 2.33 bits per heavy atom. The summed E-state index contributed by atoms with van der Waals surface area (Å²) in [6.07, 6.45) is 0. The molecule has 2 rings (SSSR count). The number of hydrogen-bond donors (Lipinski definition) is 0. The van der Waals surface area contributed by atoms with Gasteiger partial charge < -0.3 is 0 Å². The van der Waals surface area contributed by atoms with Gasteiger partial charge in [0.1, 0.15) is 0 Å². The van der Waals surface area contributed by atoms with Gasteiger partial charge in [0.25, 0.3) is 0 Å². The largest absolute Gasteiger partial charge is 0.0837 e. The van der Waals surface area contributed by atoms with Gasteiger partial charge >= 0.3 is 0 Å². The molecule has 0 atom stereocenters. The normalized spacial score (nSPS) is 10.5. The van der Waals surface area contributed by atoms with Crippen molar-refractivity contribution in [3.05, 3.63) is 47.0 Å². The standard InChI is InChI=1S/C11H9Cl/c1-8-4-2-5-9-6-3-7-10(12)11(8)9/h2-7H,1H3. The molecule has 0 heterocycles. The molecule has 0 aliphatic heterocycles. The first-order valence-corrected chi connectivity index (χ1v) is 4.30. The quantitative estimate of drug-likeness (QED) is 0.573. The first kappa shape index (κ1) is 7.63. The first-order chi connectivity index (χ1) is 5.79. The van der Waals surface area contributed by atoms with E-state index in [0.29, 0.717) is 0 Å². The maximum Gasteiger partial charge on any atom is 0.0487 e. The van der Waals surface area contributed by atoms with Crippen LogP contribution < -0.4 is 0 Å². The van der Waals surface area contributed by atoms with Crippen LogP contribution in [0.1, 0.15) is 5.56 Å². The highest BCUT2D eigenvalue weighted by Crippen LogP contribution is 2.25. The lowest BCUT2D eigenvalue weighted by atomic mass is 10.1. The molecule has 0 fully saturated rings. The highest BCUT2D eigenvalue weighted by Gasteiger charge is 1.99. The van der Waals surface area contributed by atoms with Crippen LogP contribution >= 0.6 is 11.6 Å². The summed E-state index contributed by atoms with van der Waals surface area (Å²) in [6, 6.07) is 12.2. The summed E-state index contributed by atoms with van der Waals surface area (Å²) in [5.74, 6) is 0. The minimum Gasteiger partial charge on any atom is -0.0837 e. The SMILES string of the molecule is Cc1cccc2cccc(Cl)c12. The van der Waals surface area contributed by atoms with Crippen molar-refractivity contribution >= 4 is 22.4 Å². The fraction of sp³-hybridized carbons (Fsp3) is 0.0909. The molecular weight excluding hydrogens is 168 g/mol. The average Bonchev–Trinajstić information content (AvgIpc) is 2.04. The van der Waals surface area contributed by atoms with Gasteiger partial charge in [-0.15, -0.1) is 0 Å². The van der Waals surface area contributed by atoms with Crippen LogP contribution in [0.25, 0.3) is 10.8 Å². The van der Waals surface area contributed by atoms with Crippen molar-refractivity contribution in [2.75, 3.05) is 0 Å². The number of fused-ring (bicyclic) bond motifs is 1. The van der Waals surface area contributed by atoms with Crippen LogP contribution in [0.5, 0.6) is 0 Å². The van der Waals surface area contributed by atoms with E-state index in [0.717, 1.165) is 5.02 Å². The summed E-state index contributed by atoms with van der Waals surface area (Å²) in [5.41, 5.74) is 1.23. The Bertz CT molecular complexity index is 382. The van der Waals surface area contributed by atoms with Crippen LogP contribution in [0.3, 0.4) is 0 Å². The zero-order chi connectivity index (χ0) is 8.55. The Hall–Kier alpha value is -1.01. The zero-order valence-electron chi connectivity index (χ0n) is 6.84. The topological polar surface area (TPSA) is 0 Å². The van der Waals surface area contributed by atoms with Crippen molar-refractivity contribution in [1.29, 1.82) is 0 Å². The van der Waals surface area contributed by atoms with Gasteiger partial charge in [-0.1, -0.05) is 41.9 Å². The highest BCUT2D eigenvalue weighted by atomic mass is 35.5. The molecule has 2 aromatic rings. The third-order valence-electron chi connectivity index (χ3n) is 2.06. The summed E-state index contributed by atoms with van der Waals surface area (Å²) in [4.78, 5) is 0. The molecule has 0 nitrogen and oxygen atoms in total. The second-order valence-electron chi connectivity index (χ2n) is 2.91. The van der Waals surface area contributed by atoms with E-state index < -0.39 is 0 Å². The average molecular weight is 177 g/mol. The monoisotopic (exact) mass is 176 g/mol. The Kier molecular flexibility index (Phi) is 1.78. The van der Waals surface area contributed by atoms with Crippen LogP contribution in [0.4, 0.5) is 0 Å². The van der Waals surface area contributed by atoms with Gasteiger partial charge in [0.05, 0.1) is 0 Å². The molecule has 0 unspecified atom stereocenters. The Labute approximate surface area is 76.8 Å². The van der Waals surface area contributed by atoms with Crippen molar-refractivity contribution in [3.63, 3.8) is 0 Å². The smallest absolute Gasteiger partial charge is 0.0487 e. The molecular formula is C11H9Cl. The summed E-state index contributed by atoms with van der Waals surface area (Å²) >= 11 is 6.06. The maximum absolute atomic E-state index is 6.06. The summed E-state index contributed by atoms with van der Waals surface area (Å²) in [7, 11) is 0. The van der Waals surface area contributed by atoms with Crippen LogP contribution in [0.2, 0.25) is 5.02 Å². The number of halogens is 1. The number of aryl methyl sites for hydroxylation is 1. The van der Waals surface area contributed by atoms with Gasteiger partial charge in [0.15, 0.2) is 0 Å². The molecule has 1 heteroatoms. The lowest BCUT2D eigenvalue weighted by Gasteiger charge is -2.02. The molecule has 0 aromatic heterocycles. The Morgan fingerprint density at radius 2 is 1.67 bits per heavy atom. The molecule has 0 aliphatic carbocycles. The van der Waals surface area contributed by atoms with Crippen molar-refractivity contribution in [1.82, 2.24) is 0 Å². The molecule has 0 spiro atoms. The molecule has 0 saturated carbocycles. The van der Waals surface area contributed by atoms with Crippen LogP contribution in [-0.4, -0.2) is 0 Å². The van der Waals surface area contributed by atoms with E-state index in [9.17, 15) is 0 Å². The molecule has 0 aliphatic rings. The molecule has 2 aromatic carbocycles. The molecule has 0 amide bonds. The first-order valence-electron chi connectivity index (χ1n) is 3.93. The number of benzene rings is 2. The molecule has 0 N–H and O–H groups in total. The van der Waals surface area contributed by atoms with E-state index in [4.69, 9.17) is 11.6 Å². The fourth-order valence-electron chi connectivity index (χ4n) is 1.48. The van der Waals surface area contributed by atoms with Crippen molar-refractivity contribution in [2.45, 2.75) is 6.92 Å².